The number of hydrogen-bond acceptors (Lipinski definition) is 3. The Balaban J connectivity index is 1.94. The van der Waals surface area contributed by atoms with Crippen molar-refractivity contribution in [3.63, 3.8) is 0 Å². The van der Waals surface area contributed by atoms with E-state index in [-0.39, 0.29) is 0 Å². The van der Waals surface area contributed by atoms with Crippen molar-refractivity contribution in [2.24, 2.45) is 0 Å². The van der Waals surface area contributed by atoms with Crippen molar-refractivity contribution in [1.82, 2.24) is 5.32 Å². The van der Waals surface area contributed by atoms with E-state index < -0.39 is 0 Å². The SMILES string of the molecule is CCNCc1oc(COc2ccc(Br)cc2)cc1C. The molecule has 1 N–H and O–H groups in total. The summed E-state index contributed by atoms with van der Waals surface area (Å²) in [4.78, 5) is 0. The minimum atomic E-state index is 0.453. The Morgan fingerprint density at radius 2 is 2.00 bits per heavy atom. The molecule has 1 aromatic carbocycles. The summed E-state index contributed by atoms with van der Waals surface area (Å²) in [5, 5.41) is 3.26. The lowest BCUT2D eigenvalue weighted by Crippen LogP contribution is -2.11. The molecule has 0 unspecified atom stereocenters. The van der Waals surface area contributed by atoms with Gasteiger partial charge in [-0.25, -0.2) is 0 Å². The van der Waals surface area contributed by atoms with Gasteiger partial charge in [-0.05, 0) is 49.4 Å². The summed E-state index contributed by atoms with van der Waals surface area (Å²) in [7, 11) is 0. The van der Waals surface area contributed by atoms with Gasteiger partial charge in [-0.2, -0.15) is 0 Å². The predicted molar refractivity (Wildman–Crippen MR) is 79.3 cm³/mol. The van der Waals surface area contributed by atoms with Gasteiger partial charge in [-0.3, -0.25) is 0 Å². The standard InChI is InChI=1S/C15H18BrNO2/c1-3-17-9-15-11(2)8-14(19-15)10-18-13-6-4-12(16)5-7-13/h4-8,17H,3,9-10H2,1-2H3. The summed E-state index contributed by atoms with van der Waals surface area (Å²) < 4.78 is 12.5. The Bertz CT molecular complexity index is 519. The molecule has 102 valence electrons. The number of nitrogens with one attached hydrogen (secondary N) is 1. The highest BCUT2D eigenvalue weighted by Gasteiger charge is 2.07. The molecule has 3 nitrogen and oxygen atoms in total. The van der Waals surface area contributed by atoms with Gasteiger partial charge < -0.3 is 14.5 Å². The first-order chi connectivity index (χ1) is 9.19. The van der Waals surface area contributed by atoms with E-state index >= 15 is 0 Å². The lowest BCUT2D eigenvalue weighted by molar-refractivity contribution is 0.265. The summed E-state index contributed by atoms with van der Waals surface area (Å²) in [5.74, 6) is 2.68. The quantitative estimate of drug-likeness (QED) is 0.871. The van der Waals surface area contributed by atoms with Gasteiger partial charge in [-0.15, -0.1) is 0 Å². The molecule has 19 heavy (non-hydrogen) atoms. The molecule has 0 saturated carbocycles. The molecule has 0 bridgehead atoms. The third kappa shape index (κ3) is 4.11. The van der Waals surface area contributed by atoms with Gasteiger partial charge >= 0.3 is 0 Å². The number of aryl methyl sites for hydroxylation is 1. The second-order valence-corrected chi connectivity index (χ2v) is 5.26. The number of halogens is 1. The van der Waals surface area contributed by atoms with E-state index in [4.69, 9.17) is 9.15 Å². The third-order valence-electron chi connectivity index (χ3n) is 2.80. The minimum absolute atomic E-state index is 0.453. The van der Waals surface area contributed by atoms with E-state index in [1.165, 1.54) is 0 Å². The van der Waals surface area contributed by atoms with E-state index in [1.54, 1.807) is 0 Å². The highest BCUT2D eigenvalue weighted by molar-refractivity contribution is 9.10. The fraction of sp³-hybridized carbons (Fsp3) is 0.333. The molecule has 0 fully saturated rings. The van der Waals surface area contributed by atoms with Crippen LogP contribution in [0.5, 0.6) is 5.75 Å². The number of furan rings is 1. The minimum Gasteiger partial charge on any atom is -0.486 e. The molecule has 2 aromatic rings. The van der Waals surface area contributed by atoms with Gasteiger partial charge in [-0.1, -0.05) is 22.9 Å². The average Bonchev–Trinajstić information content (AvgIpc) is 2.76. The van der Waals surface area contributed by atoms with Crippen LogP contribution < -0.4 is 10.1 Å². The molecule has 0 saturated heterocycles. The molecule has 0 amide bonds. The van der Waals surface area contributed by atoms with Crippen LogP contribution in [0.15, 0.2) is 39.2 Å². The zero-order valence-corrected chi connectivity index (χ0v) is 12.8. The van der Waals surface area contributed by atoms with Crippen LogP contribution in [0.4, 0.5) is 0 Å². The maximum Gasteiger partial charge on any atom is 0.146 e. The van der Waals surface area contributed by atoms with Crippen molar-refractivity contribution in [2.75, 3.05) is 6.54 Å². The van der Waals surface area contributed by atoms with Crippen LogP contribution >= 0.6 is 15.9 Å². The van der Waals surface area contributed by atoms with E-state index in [0.29, 0.717) is 6.61 Å². The molecule has 0 spiro atoms. The van der Waals surface area contributed by atoms with Crippen LogP contribution in [0.25, 0.3) is 0 Å². The highest BCUT2D eigenvalue weighted by Crippen LogP contribution is 2.19. The molecular weight excluding hydrogens is 306 g/mol. The van der Waals surface area contributed by atoms with Gasteiger partial charge in [0, 0.05) is 4.47 Å². The summed E-state index contributed by atoms with van der Waals surface area (Å²) >= 11 is 3.40. The normalized spacial score (nSPS) is 10.7. The highest BCUT2D eigenvalue weighted by atomic mass is 79.9. The Labute approximate surface area is 122 Å². The van der Waals surface area contributed by atoms with E-state index in [1.807, 2.05) is 30.3 Å². The second kappa shape index (κ2) is 6.78. The lowest BCUT2D eigenvalue weighted by Gasteiger charge is -2.04. The maximum atomic E-state index is 5.77. The zero-order valence-electron chi connectivity index (χ0n) is 11.2. The number of ether oxygens (including phenoxy) is 1. The molecule has 0 aliphatic carbocycles. The van der Waals surface area contributed by atoms with Crippen molar-refractivity contribution in [3.8, 4) is 5.75 Å². The van der Waals surface area contributed by atoms with Crippen molar-refractivity contribution < 1.29 is 9.15 Å². The Kier molecular flexibility index (Phi) is 5.05. The molecule has 0 radical (unpaired) electrons. The van der Waals surface area contributed by atoms with Gasteiger partial charge in [0.15, 0.2) is 0 Å². The van der Waals surface area contributed by atoms with Crippen LogP contribution in [0, 0.1) is 6.92 Å². The van der Waals surface area contributed by atoms with Crippen molar-refractivity contribution in [1.29, 1.82) is 0 Å². The number of hydrogen-bond donors (Lipinski definition) is 1. The molecule has 1 aromatic heterocycles. The summed E-state index contributed by atoms with van der Waals surface area (Å²) in [5.41, 5.74) is 1.16. The van der Waals surface area contributed by atoms with E-state index in [0.717, 1.165) is 40.4 Å². The summed E-state index contributed by atoms with van der Waals surface area (Å²) in [6, 6.07) is 9.81. The second-order valence-electron chi connectivity index (χ2n) is 4.34. The topological polar surface area (TPSA) is 34.4 Å². The zero-order chi connectivity index (χ0) is 13.7. The van der Waals surface area contributed by atoms with Crippen molar-refractivity contribution in [3.05, 3.63) is 51.9 Å². The molecule has 0 aliphatic heterocycles. The van der Waals surface area contributed by atoms with Gasteiger partial charge in [0.05, 0.1) is 6.54 Å². The largest absolute Gasteiger partial charge is 0.486 e. The summed E-state index contributed by atoms with van der Waals surface area (Å²) in [6.07, 6.45) is 0. The van der Waals surface area contributed by atoms with Crippen LogP contribution in [0.3, 0.4) is 0 Å². The molecule has 4 heteroatoms. The first-order valence-electron chi connectivity index (χ1n) is 6.36. The molecule has 0 atom stereocenters. The fourth-order valence-corrected chi connectivity index (χ4v) is 2.02. The lowest BCUT2D eigenvalue weighted by atomic mass is 10.2. The van der Waals surface area contributed by atoms with Crippen LogP contribution in [0.2, 0.25) is 0 Å². The number of benzene rings is 1. The first kappa shape index (κ1) is 14.2. The monoisotopic (exact) mass is 323 g/mol. The third-order valence-corrected chi connectivity index (χ3v) is 3.33. The maximum absolute atomic E-state index is 5.77. The van der Waals surface area contributed by atoms with E-state index in [9.17, 15) is 0 Å². The van der Waals surface area contributed by atoms with Crippen molar-refractivity contribution >= 4 is 15.9 Å². The van der Waals surface area contributed by atoms with Gasteiger partial charge in [0.1, 0.15) is 23.9 Å². The Hall–Kier alpha value is -1.26. The fourth-order valence-electron chi connectivity index (χ4n) is 1.76. The summed E-state index contributed by atoms with van der Waals surface area (Å²) in [6.45, 7) is 6.29. The van der Waals surface area contributed by atoms with E-state index in [2.05, 4.69) is 35.1 Å². The molecule has 2 rings (SSSR count). The molecular formula is C15H18BrNO2. The van der Waals surface area contributed by atoms with Crippen LogP contribution in [-0.2, 0) is 13.2 Å². The van der Waals surface area contributed by atoms with Gasteiger partial charge in [0.2, 0.25) is 0 Å². The molecule has 1 heterocycles. The Morgan fingerprint density at radius 3 is 2.68 bits per heavy atom. The number of rotatable bonds is 6. The van der Waals surface area contributed by atoms with Crippen molar-refractivity contribution in [2.45, 2.75) is 27.0 Å². The van der Waals surface area contributed by atoms with Crippen LogP contribution in [-0.4, -0.2) is 6.54 Å². The Morgan fingerprint density at radius 1 is 1.26 bits per heavy atom. The smallest absolute Gasteiger partial charge is 0.146 e. The van der Waals surface area contributed by atoms with Gasteiger partial charge in [0.25, 0.3) is 0 Å². The van der Waals surface area contributed by atoms with Crippen LogP contribution in [0.1, 0.15) is 24.0 Å². The first-order valence-corrected chi connectivity index (χ1v) is 7.15. The predicted octanol–water partition coefficient (Wildman–Crippen LogP) is 4.04. The molecule has 0 aliphatic rings. The average molecular weight is 324 g/mol.